The van der Waals surface area contributed by atoms with Crippen LogP contribution in [-0.2, 0) is 6.18 Å². The van der Waals surface area contributed by atoms with Crippen LogP contribution in [0.25, 0.3) is 11.1 Å². The molecule has 0 unspecified atom stereocenters. The van der Waals surface area contributed by atoms with Gasteiger partial charge in [-0.2, -0.15) is 13.2 Å². The van der Waals surface area contributed by atoms with Gasteiger partial charge in [0.1, 0.15) is 11.6 Å². The van der Waals surface area contributed by atoms with Crippen molar-refractivity contribution in [3.05, 3.63) is 47.3 Å². The van der Waals surface area contributed by atoms with Crippen LogP contribution in [0.3, 0.4) is 0 Å². The second-order valence-corrected chi connectivity index (χ2v) is 5.53. The van der Waals surface area contributed by atoms with E-state index in [2.05, 4.69) is 0 Å². The summed E-state index contributed by atoms with van der Waals surface area (Å²) in [5.74, 6) is -0.292. The van der Waals surface area contributed by atoms with E-state index in [0.29, 0.717) is 16.7 Å². The Kier molecular flexibility index (Phi) is 4.54. The Hall–Kier alpha value is -2.24. The zero-order chi connectivity index (χ0) is 17.4. The lowest BCUT2D eigenvalue weighted by Crippen LogP contribution is -2.06. The zero-order valence-electron chi connectivity index (χ0n) is 13.0. The fourth-order valence-electron chi connectivity index (χ4n) is 2.38. The molecule has 2 aromatic rings. The highest BCUT2D eigenvalue weighted by atomic mass is 19.4. The molecular weight excluding hydrogens is 310 g/mol. The fourth-order valence-corrected chi connectivity index (χ4v) is 2.38. The number of nitrogen functional groups attached to an aromatic ring is 1. The molecule has 0 heterocycles. The largest absolute Gasteiger partial charge is 0.496 e. The molecule has 2 rings (SSSR count). The molecule has 124 valence electrons. The Balaban J connectivity index is 2.64. The van der Waals surface area contributed by atoms with Crippen molar-refractivity contribution < 1.29 is 22.3 Å². The third-order valence-corrected chi connectivity index (χ3v) is 3.61. The van der Waals surface area contributed by atoms with Crippen LogP contribution < -0.4 is 10.5 Å². The van der Waals surface area contributed by atoms with Crippen LogP contribution in [0.5, 0.6) is 5.75 Å². The number of methoxy groups -OCH3 is 1. The first kappa shape index (κ1) is 17.1. The van der Waals surface area contributed by atoms with Crippen molar-refractivity contribution in [3.63, 3.8) is 0 Å². The topological polar surface area (TPSA) is 35.2 Å². The maximum absolute atomic E-state index is 14.0. The Morgan fingerprint density at radius 1 is 1.04 bits per heavy atom. The van der Waals surface area contributed by atoms with Gasteiger partial charge in [-0.05, 0) is 29.7 Å². The normalized spacial score (nSPS) is 11.8. The SMILES string of the molecule is COc1cc(F)c(C(C)C)cc1-c1ccc(C(F)(F)F)cc1N. The summed E-state index contributed by atoms with van der Waals surface area (Å²) >= 11 is 0. The maximum atomic E-state index is 14.0. The summed E-state index contributed by atoms with van der Waals surface area (Å²) in [4.78, 5) is 0. The molecule has 0 saturated heterocycles. The molecule has 6 heteroatoms. The number of ether oxygens (including phenoxy) is 1. The lowest BCUT2D eigenvalue weighted by atomic mass is 9.94. The molecule has 23 heavy (non-hydrogen) atoms. The van der Waals surface area contributed by atoms with Crippen molar-refractivity contribution in [3.8, 4) is 16.9 Å². The van der Waals surface area contributed by atoms with Crippen LogP contribution >= 0.6 is 0 Å². The molecule has 0 aliphatic heterocycles. The van der Waals surface area contributed by atoms with Crippen molar-refractivity contribution in [2.75, 3.05) is 12.8 Å². The highest BCUT2D eigenvalue weighted by molar-refractivity contribution is 5.81. The van der Waals surface area contributed by atoms with E-state index in [1.165, 1.54) is 19.2 Å². The number of benzene rings is 2. The zero-order valence-corrected chi connectivity index (χ0v) is 13.0. The van der Waals surface area contributed by atoms with Gasteiger partial charge in [0.25, 0.3) is 0 Å². The second-order valence-electron chi connectivity index (χ2n) is 5.53. The Labute approximate surface area is 131 Å². The number of halogens is 4. The van der Waals surface area contributed by atoms with E-state index in [1.807, 2.05) is 13.8 Å². The van der Waals surface area contributed by atoms with Gasteiger partial charge in [0, 0.05) is 22.9 Å². The van der Waals surface area contributed by atoms with Gasteiger partial charge >= 0.3 is 6.18 Å². The van der Waals surface area contributed by atoms with Crippen LogP contribution in [0.2, 0.25) is 0 Å². The summed E-state index contributed by atoms with van der Waals surface area (Å²) in [6, 6.07) is 5.88. The lowest BCUT2D eigenvalue weighted by molar-refractivity contribution is -0.137. The molecule has 2 N–H and O–H groups in total. The average Bonchev–Trinajstić information content (AvgIpc) is 2.45. The van der Waals surface area contributed by atoms with Gasteiger partial charge in [-0.15, -0.1) is 0 Å². The number of rotatable bonds is 3. The van der Waals surface area contributed by atoms with Crippen molar-refractivity contribution in [2.24, 2.45) is 0 Å². The summed E-state index contributed by atoms with van der Waals surface area (Å²) in [5, 5.41) is 0. The van der Waals surface area contributed by atoms with Gasteiger partial charge in [0.15, 0.2) is 0 Å². The first-order chi connectivity index (χ1) is 10.6. The monoisotopic (exact) mass is 327 g/mol. The molecule has 0 saturated carbocycles. The smallest absolute Gasteiger partial charge is 0.416 e. The minimum atomic E-state index is -4.47. The van der Waals surface area contributed by atoms with Crippen molar-refractivity contribution >= 4 is 5.69 Å². The average molecular weight is 327 g/mol. The molecule has 2 aromatic carbocycles. The Morgan fingerprint density at radius 2 is 1.70 bits per heavy atom. The third kappa shape index (κ3) is 3.41. The minimum Gasteiger partial charge on any atom is -0.496 e. The van der Waals surface area contributed by atoms with Gasteiger partial charge in [0.05, 0.1) is 12.7 Å². The first-order valence-electron chi connectivity index (χ1n) is 6.99. The predicted molar refractivity (Wildman–Crippen MR) is 81.9 cm³/mol. The maximum Gasteiger partial charge on any atom is 0.416 e. The van der Waals surface area contributed by atoms with Gasteiger partial charge in [0.2, 0.25) is 0 Å². The lowest BCUT2D eigenvalue weighted by Gasteiger charge is -2.16. The van der Waals surface area contributed by atoms with E-state index in [1.54, 1.807) is 6.07 Å². The van der Waals surface area contributed by atoms with E-state index >= 15 is 0 Å². The Bertz CT molecular complexity index is 723. The summed E-state index contributed by atoms with van der Waals surface area (Å²) in [6.45, 7) is 3.65. The summed E-state index contributed by atoms with van der Waals surface area (Å²) in [5.41, 5.74) is 6.20. The summed E-state index contributed by atoms with van der Waals surface area (Å²) < 4.78 is 57.4. The molecule has 0 aliphatic rings. The van der Waals surface area contributed by atoms with E-state index < -0.39 is 17.6 Å². The minimum absolute atomic E-state index is 0.0422. The second kappa shape index (κ2) is 6.10. The fraction of sp³-hybridized carbons (Fsp3) is 0.294. The summed E-state index contributed by atoms with van der Waals surface area (Å²) in [6.07, 6.45) is -4.47. The van der Waals surface area contributed by atoms with Crippen molar-refractivity contribution in [1.29, 1.82) is 0 Å². The third-order valence-electron chi connectivity index (χ3n) is 3.61. The highest BCUT2D eigenvalue weighted by Crippen LogP contribution is 2.40. The molecular formula is C17H17F4NO. The van der Waals surface area contributed by atoms with Crippen LogP contribution in [-0.4, -0.2) is 7.11 Å². The molecule has 0 radical (unpaired) electrons. The number of nitrogens with two attached hydrogens (primary N) is 1. The van der Waals surface area contributed by atoms with E-state index in [9.17, 15) is 17.6 Å². The van der Waals surface area contributed by atoms with Gasteiger partial charge < -0.3 is 10.5 Å². The van der Waals surface area contributed by atoms with E-state index in [0.717, 1.165) is 12.1 Å². The summed E-state index contributed by atoms with van der Waals surface area (Å²) in [7, 11) is 1.37. The van der Waals surface area contributed by atoms with Gasteiger partial charge in [-0.1, -0.05) is 19.9 Å². The molecule has 0 aliphatic carbocycles. The number of alkyl halides is 3. The standard InChI is InChI=1S/C17H17F4NO/c1-9(2)12-7-13(16(23-3)8-14(12)18)11-5-4-10(6-15(11)22)17(19,20)21/h4-9H,22H2,1-3H3. The molecule has 2 nitrogen and oxygen atoms in total. The van der Waals surface area contributed by atoms with Crippen molar-refractivity contribution in [1.82, 2.24) is 0 Å². The van der Waals surface area contributed by atoms with Crippen molar-refractivity contribution in [2.45, 2.75) is 25.9 Å². The molecule has 0 fully saturated rings. The quantitative estimate of drug-likeness (QED) is 0.619. The molecule has 0 amide bonds. The van der Waals surface area contributed by atoms with Gasteiger partial charge in [-0.25, -0.2) is 4.39 Å². The molecule has 0 bridgehead atoms. The van der Waals surface area contributed by atoms with Crippen LogP contribution in [0.4, 0.5) is 23.2 Å². The number of anilines is 1. The van der Waals surface area contributed by atoms with Gasteiger partial charge in [-0.3, -0.25) is 0 Å². The van der Waals surface area contributed by atoms with E-state index in [-0.39, 0.29) is 17.4 Å². The van der Waals surface area contributed by atoms with Crippen LogP contribution in [0.1, 0.15) is 30.9 Å². The number of hydrogen-bond donors (Lipinski definition) is 1. The van der Waals surface area contributed by atoms with E-state index in [4.69, 9.17) is 10.5 Å². The predicted octanol–water partition coefficient (Wildman–Crippen LogP) is 5.23. The first-order valence-corrected chi connectivity index (χ1v) is 6.99. The Morgan fingerprint density at radius 3 is 2.17 bits per heavy atom. The van der Waals surface area contributed by atoms with Crippen LogP contribution in [0.15, 0.2) is 30.3 Å². The van der Waals surface area contributed by atoms with Crippen LogP contribution in [0, 0.1) is 5.82 Å². The highest BCUT2D eigenvalue weighted by Gasteiger charge is 2.31. The molecule has 0 atom stereocenters. The number of hydrogen-bond acceptors (Lipinski definition) is 2. The molecule has 0 spiro atoms. The molecule has 0 aromatic heterocycles.